The molecule has 0 heterocycles. The van der Waals surface area contributed by atoms with Crippen LogP contribution in [0.3, 0.4) is 0 Å². The molecule has 0 aromatic rings. The first-order chi connectivity index (χ1) is 6.14. The molecule has 0 unspecified atom stereocenters. The van der Waals surface area contributed by atoms with Gasteiger partial charge >= 0.3 is 0 Å². The van der Waals surface area contributed by atoms with Crippen molar-refractivity contribution in [1.29, 1.82) is 0 Å². The number of Topliss-reactive ketones (excluding diaryl/α,β-unsaturated/α-hetero) is 1. The third-order valence-corrected chi connectivity index (χ3v) is 8.34. The minimum Gasteiger partial charge on any atom is -0.297 e. The molecule has 0 aliphatic heterocycles. The second kappa shape index (κ2) is 4.38. The maximum Gasteiger partial charge on any atom is 0.193 e. The van der Waals surface area contributed by atoms with E-state index in [9.17, 15) is 9.59 Å². The lowest BCUT2D eigenvalue weighted by atomic mass is 10.2. The summed E-state index contributed by atoms with van der Waals surface area (Å²) in [6, 6.07) is 0. The Kier molecular flexibility index (Phi) is 4.25. The molecule has 0 bridgehead atoms. The van der Waals surface area contributed by atoms with E-state index >= 15 is 0 Å². The van der Waals surface area contributed by atoms with E-state index in [-0.39, 0.29) is 16.2 Å². The lowest BCUT2D eigenvalue weighted by Crippen LogP contribution is -2.49. The maximum atomic E-state index is 11.9. The van der Waals surface area contributed by atoms with Crippen molar-refractivity contribution in [3.63, 3.8) is 0 Å². The summed E-state index contributed by atoms with van der Waals surface area (Å²) in [7, 11) is -2.10. The third kappa shape index (κ3) is 2.77. The smallest absolute Gasteiger partial charge is 0.193 e. The predicted octanol–water partition coefficient (Wildman–Crippen LogP) is 2.97. The number of hydrogen-bond donors (Lipinski definition) is 0. The van der Waals surface area contributed by atoms with Gasteiger partial charge in [0, 0.05) is 6.42 Å². The van der Waals surface area contributed by atoms with Crippen LogP contribution in [0.25, 0.3) is 0 Å². The van der Waals surface area contributed by atoms with Gasteiger partial charge in [-0.25, -0.2) is 0 Å². The first kappa shape index (κ1) is 13.6. The second-order valence-electron chi connectivity index (χ2n) is 5.38. The molecular weight excluding hydrogens is 192 g/mol. The standard InChI is InChI=1S/C11H22O2Si/c1-7-8-9(12)10(13)14(5,6)11(2,3)4/h7-8H2,1-6H3. The van der Waals surface area contributed by atoms with Gasteiger partial charge in [0.1, 0.15) is 8.07 Å². The molecule has 0 atom stereocenters. The minimum absolute atomic E-state index is 0.0342. The van der Waals surface area contributed by atoms with Gasteiger partial charge in [-0.15, -0.1) is 0 Å². The van der Waals surface area contributed by atoms with Crippen LogP contribution < -0.4 is 0 Å². The van der Waals surface area contributed by atoms with E-state index in [0.717, 1.165) is 6.42 Å². The Balaban J connectivity index is 4.76. The molecular formula is C11H22O2Si. The zero-order chi connectivity index (χ0) is 11.6. The topological polar surface area (TPSA) is 34.1 Å². The molecule has 0 aromatic heterocycles. The van der Waals surface area contributed by atoms with Gasteiger partial charge in [0.25, 0.3) is 0 Å². The van der Waals surface area contributed by atoms with Crippen LogP contribution in [0.2, 0.25) is 18.1 Å². The number of carbonyl (C=O) groups is 2. The molecule has 14 heavy (non-hydrogen) atoms. The van der Waals surface area contributed by atoms with Gasteiger partial charge in [-0.05, 0) is 11.5 Å². The van der Waals surface area contributed by atoms with Crippen molar-refractivity contribution in [3.05, 3.63) is 0 Å². The zero-order valence-electron chi connectivity index (χ0n) is 10.2. The number of rotatable bonds is 4. The Morgan fingerprint density at radius 1 is 1.14 bits per heavy atom. The molecule has 82 valence electrons. The Hall–Kier alpha value is -0.443. The highest BCUT2D eigenvalue weighted by Crippen LogP contribution is 2.36. The van der Waals surface area contributed by atoms with E-state index in [1.165, 1.54) is 0 Å². The number of ketones is 1. The van der Waals surface area contributed by atoms with Crippen molar-refractivity contribution < 1.29 is 9.59 Å². The van der Waals surface area contributed by atoms with Crippen LogP contribution in [0.4, 0.5) is 0 Å². The minimum atomic E-state index is -2.10. The van der Waals surface area contributed by atoms with Crippen LogP contribution in [0.5, 0.6) is 0 Å². The molecule has 0 rings (SSSR count). The molecule has 0 saturated carbocycles. The molecule has 0 fully saturated rings. The van der Waals surface area contributed by atoms with Crippen molar-refractivity contribution >= 4 is 19.3 Å². The van der Waals surface area contributed by atoms with Gasteiger partial charge < -0.3 is 0 Å². The summed E-state index contributed by atoms with van der Waals surface area (Å²) in [5.74, 6) is -0.168. The van der Waals surface area contributed by atoms with E-state index < -0.39 is 8.07 Å². The van der Waals surface area contributed by atoms with E-state index in [1.807, 2.05) is 20.0 Å². The summed E-state index contributed by atoms with van der Waals surface area (Å²) in [6.07, 6.45) is 1.17. The molecule has 0 aliphatic rings. The monoisotopic (exact) mass is 214 g/mol. The largest absolute Gasteiger partial charge is 0.297 e. The summed E-state index contributed by atoms with van der Waals surface area (Å²) in [4.78, 5) is 23.4. The van der Waals surface area contributed by atoms with Gasteiger partial charge in [0.2, 0.25) is 0 Å². The summed E-state index contributed by atoms with van der Waals surface area (Å²) in [5, 5.41) is -0.125. The van der Waals surface area contributed by atoms with Crippen molar-refractivity contribution in [3.8, 4) is 0 Å². The first-order valence-corrected chi connectivity index (χ1v) is 8.22. The first-order valence-electron chi connectivity index (χ1n) is 5.22. The van der Waals surface area contributed by atoms with Gasteiger partial charge in [-0.2, -0.15) is 0 Å². The van der Waals surface area contributed by atoms with E-state index in [4.69, 9.17) is 0 Å². The Bertz CT molecular complexity index is 236. The average Bonchev–Trinajstić information content (AvgIpc) is 2.01. The molecule has 2 nitrogen and oxygen atoms in total. The van der Waals surface area contributed by atoms with Crippen LogP contribution in [0, 0.1) is 0 Å². The molecule has 3 heteroatoms. The quantitative estimate of drug-likeness (QED) is 0.532. The zero-order valence-corrected chi connectivity index (χ0v) is 11.2. The van der Waals surface area contributed by atoms with E-state index in [1.54, 1.807) is 0 Å². The Morgan fingerprint density at radius 3 is 1.86 bits per heavy atom. The highest BCUT2D eigenvalue weighted by molar-refractivity contribution is 7.13. The van der Waals surface area contributed by atoms with Crippen LogP contribution in [0.15, 0.2) is 0 Å². The van der Waals surface area contributed by atoms with Crippen molar-refractivity contribution in [2.45, 2.75) is 58.7 Å². The Morgan fingerprint density at radius 2 is 1.57 bits per heavy atom. The molecule has 0 N–H and O–H groups in total. The Labute approximate surface area is 88.1 Å². The fourth-order valence-corrected chi connectivity index (χ4v) is 2.53. The predicted molar refractivity (Wildman–Crippen MR) is 62.1 cm³/mol. The fourth-order valence-electron chi connectivity index (χ4n) is 1.03. The molecule has 0 spiro atoms. The third-order valence-electron chi connectivity index (χ3n) is 3.17. The van der Waals surface area contributed by atoms with Gasteiger partial charge in [-0.1, -0.05) is 40.8 Å². The van der Waals surface area contributed by atoms with Gasteiger partial charge in [-0.3, -0.25) is 9.59 Å². The van der Waals surface area contributed by atoms with Crippen LogP contribution >= 0.6 is 0 Å². The summed E-state index contributed by atoms with van der Waals surface area (Å²) >= 11 is 0. The maximum absolute atomic E-state index is 11.9. The molecule has 0 radical (unpaired) electrons. The van der Waals surface area contributed by atoms with E-state index in [0.29, 0.717) is 6.42 Å². The fraction of sp³-hybridized carbons (Fsp3) is 0.818. The lowest BCUT2D eigenvalue weighted by molar-refractivity contribution is -0.132. The molecule has 0 amide bonds. The molecule has 0 aromatic carbocycles. The van der Waals surface area contributed by atoms with Crippen LogP contribution in [0.1, 0.15) is 40.5 Å². The molecule has 0 aliphatic carbocycles. The summed E-state index contributed by atoms with van der Waals surface area (Å²) in [5.41, 5.74) is 0. The average molecular weight is 214 g/mol. The molecule has 0 saturated heterocycles. The number of carbonyl (C=O) groups excluding carboxylic acids is 2. The van der Waals surface area contributed by atoms with Crippen molar-refractivity contribution in [2.75, 3.05) is 0 Å². The highest BCUT2D eigenvalue weighted by atomic mass is 28.3. The number of hydrogen-bond acceptors (Lipinski definition) is 2. The van der Waals surface area contributed by atoms with Crippen LogP contribution in [-0.4, -0.2) is 19.3 Å². The van der Waals surface area contributed by atoms with E-state index in [2.05, 4.69) is 20.8 Å². The van der Waals surface area contributed by atoms with Crippen LogP contribution in [-0.2, 0) is 9.59 Å². The SMILES string of the molecule is CCCC(=O)C(=O)[Si](C)(C)C(C)(C)C. The summed E-state index contributed by atoms with van der Waals surface area (Å²) < 4.78 is 0. The van der Waals surface area contributed by atoms with Crippen molar-refractivity contribution in [1.82, 2.24) is 0 Å². The van der Waals surface area contributed by atoms with Crippen molar-refractivity contribution in [2.24, 2.45) is 0 Å². The van der Waals surface area contributed by atoms with Gasteiger partial charge in [0.05, 0.1) is 0 Å². The second-order valence-corrected chi connectivity index (χ2v) is 10.6. The lowest BCUT2D eigenvalue weighted by Gasteiger charge is -2.34. The van der Waals surface area contributed by atoms with Gasteiger partial charge in [0.15, 0.2) is 11.2 Å². The summed E-state index contributed by atoms with van der Waals surface area (Å²) in [6.45, 7) is 12.1. The normalized spacial score (nSPS) is 12.7. The highest BCUT2D eigenvalue weighted by Gasteiger charge is 2.44.